The molecule has 0 unspecified atom stereocenters. The van der Waals surface area contributed by atoms with Crippen molar-refractivity contribution < 1.29 is 19.4 Å². The maximum Gasteiger partial charge on any atom is 0.299 e. The average molecular weight is 337 g/mol. The molecule has 11 nitrogen and oxygen atoms in total. The van der Waals surface area contributed by atoms with Gasteiger partial charge in [0.2, 0.25) is 11.8 Å². The van der Waals surface area contributed by atoms with Crippen LogP contribution in [0.3, 0.4) is 0 Å². The van der Waals surface area contributed by atoms with Crippen molar-refractivity contribution in [3.63, 3.8) is 0 Å². The molecular weight excluding hydrogens is 322 g/mol. The zero-order chi connectivity index (χ0) is 17.9. The van der Waals surface area contributed by atoms with Crippen LogP contribution in [-0.4, -0.2) is 46.3 Å². The van der Waals surface area contributed by atoms with Crippen molar-refractivity contribution in [3.8, 4) is 0 Å². The van der Waals surface area contributed by atoms with Crippen molar-refractivity contribution in [1.82, 2.24) is 4.90 Å². The molecule has 2 N–H and O–H groups in total. The smallest absolute Gasteiger partial charge is 0.299 e. The van der Waals surface area contributed by atoms with Gasteiger partial charge in [-0.2, -0.15) is 0 Å². The molecule has 1 fully saturated rings. The van der Waals surface area contributed by atoms with Gasteiger partial charge in [0.25, 0.3) is 11.4 Å². The number of anilines is 1. The second-order valence-corrected chi connectivity index (χ2v) is 5.25. The Balaban J connectivity index is 2.17. The van der Waals surface area contributed by atoms with Crippen LogP contribution in [0.15, 0.2) is 18.2 Å². The predicted octanol–water partition coefficient (Wildman–Crippen LogP) is 0.375. The number of hydrogen-bond acceptors (Lipinski definition) is 7. The molecule has 0 saturated carbocycles. The third kappa shape index (κ3) is 3.74. The quantitative estimate of drug-likeness (QED) is 0.557. The predicted molar refractivity (Wildman–Crippen MR) is 82.1 cm³/mol. The van der Waals surface area contributed by atoms with Crippen LogP contribution in [0.1, 0.15) is 12.8 Å². The van der Waals surface area contributed by atoms with Crippen LogP contribution in [-0.2, 0) is 9.59 Å². The van der Waals surface area contributed by atoms with Crippen molar-refractivity contribution in [1.29, 1.82) is 0 Å². The first-order valence-corrected chi connectivity index (χ1v) is 7.03. The lowest BCUT2D eigenvalue weighted by molar-refractivity contribution is -0.393. The number of carbonyl (C=O) groups excluding carboxylic acids is 2. The number of primary amides is 1. The van der Waals surface area contributed by atoms with E-state index in [0.717, 1.165) is 12.1 Å². The largest absolute Gasteiger partial charge is 0.370 e. The summed E-state index contributed by atoms with van der Waals surface area (Å²) in [7, 11) is 0. The van der Waals surface area contributed by atoms with Crippen molar-refractivity contribution >= 4 is 28.9 Å². The number of hydrogen-bond donors (Lipinski definition) is 1. The lowest BCUT2D eigenvalue weighted by atomic mass is 10.2. The Morgan fingerprint density at radius 2 is 1.96 bits per heavy atom. The van der Waals surface area contributed by atoms with Gasteiger partial charge >= 0.3 is 0 Å². The molecule has 0 spiro atoms. The number of carbonyl (C=O) groups is 2. The zero-order valence-electron chi connectivity index (χ0n) is 12.6. The minimum absolute atomic E-state index is 0.0742. The van der Waals surface area contributed by atoms with Gasteiger partial charge in [0.15, 0.2) is 0 Å². The van der Waals surface area contributed by atoms with Gasteiger partial charge in [0.1, 0.15) is 5.69 Å². The van der Waals surface area contributed by atoms with Gasteiger partial charge in [0, 0.05) is 19.0 Å². The maximum absolute atomic E-state index is 12.0. The summed E-state index contributed by atoms with van der Waals surface area (Å²) >= 11 is 0. The van der Waals surface area contributed by atoms with Crippen LogP contribution in [0, 0.1) is 20.2 Å². The topological polar surface area (TPSA) is 153 Å². The summed E-state index contributed by atoms with van der Waals surface area (Å²) in [4.78, 5) is 46.1. The Kier molecular flexibility index (Phi) is 4.92. The molecule has 0 aromatic heterocycles. The van der Waals surface area contributed by atoms with Gasteiger partial charge in [-0.3, -0.25) is 29.8 Å². The molecule has 2 amide bonds. The molecule has 1 saturated heterocycles. The lowest BCUT2D eigenvalue weighted by Gasteiger charge is -2.19. The summed E-state index contributed by atoms with van der Waals surface area (Å²) in [6, 6.07) is 3.29. The highest BCUT2D eigenvalue weighted by Crippen LogP contribution is 2.33. The van der Waals surface area contributed by atoms with E-state index in [-0.39, 0.29) is 31.2 Å². The van der Waals surface area contributed by atoms with Gasteiger partial charge in [0.05, 0.1) is 29.1 Å². The van der Waals surface area contributed by atoms with Crippen molar-refractivity contribution in [2.45, 2.75) is 12.8 Å². The van der Waals surface area contributed by atoms with E-state index in [1.54, 1.807) is 0 Å². The summed E-state index contributed by atoms with van der Waals surface area (Å²) in [6.07, 6.45) is 0.540. The SMILES string of the molecule is NC(=O)CCCN1CN(c2ccc([N+](=O)[O-])cc2[N+](=O)[O-])CC1=O. The monoisotopic (exact) mass is 337 g/mol. The second-order valence-electron chi connectivity index (χ2n) is 5.25. The molecule has 1 aliphatic heterocycles. The van der Waals surface area contributed by atoms with E-state index in [1.807, 2.05) is 0 Å². The zero-order valence-corrected chi connectivity index (χ0v) is 12.6. The third-order valence-corrected chi connectivity index (χ3v) is 3.58. The van der Waals surface area contributed by atoms with E-state index in [1.165, 1.54) is 15.9 Å². The lowest BCUT2D eigenvalue weighted by Crippen LogP contribution is -2.29. The molecule has 0 atom stereocenters. The summed E-state index contributed by atoms with van der Waals surface area (Å²) < 4.78 is 0. The van der Waals surface area contributed by atoms with Crippen molar-refractivity contribution in [3.05, 3.63) is 38.4 Å². The minimum atomic E-state index is -0.720. The Morgan fingerprint density at radius 1 is 1.25 bits per heavy atom. The molecule has 11 heteroatoms. The number of rotatable bonds is 7. The summed E-state index contributed by atoms with van der Waals surface area (Å²) in [5, 5.41) is 21.9. The standard InChI is InChI=1S/C13H15N5O6/c14-12(19)2-1-5-15-8-16(7-13(15)20)10-4-3-9(17(21)22)6-11(10)18(23)24/h3-4,6H,1-2,5,7-8H2,(H2,14,19). The molecule has 24 heavy (non-hydrogen) atoms. The highest BCUT2D eigenvalue weighted by molar-refractivity contribution is 5.86. The molecular formula is C13H15N5O6. The van der Waals surface area contributed by atoms with Gasteiger partial charge in [-0.15, -0.1) is 0 Å². The molecule has 2 rings (SSSR count). The van der Waals surface area contributed by atoms with E-state index in [0.29, 0.717) is 13.0 Å². The Morgan fingerprint density at radius 3 is 2.54 bits per heavy atom. The van der Waals surface area contributed by atoms with Crippen molar-refractivity contribution in [2.24, 2.45) is 5.73 Å². The number of nitrogens with two attached hydrogens (primary N) is 1. The number of nitro groups is 2. The number of nitro benzene ring substituents is 2. The number of non-ortho nitro benzene ring substituents is 1. The minimum Gasteiger partial charge on any atom is -0.370 e. The third-order valence-electron chi connectivity index (χ3n) is 3.58. The summed E-state index contributed by atoms with van der Waals surface area (Å²) in [6.45, 7) is 0.338. The Bertz CT molecular complexity index is 706. The molecule has 1 aromatic carbocycles. The number of nitrogens with zero attached hydrogens (tertiary/aromatic N) is 4. The van der Waals surface area contributed by atoms with E-state index in [4.69, 9.17) is 5.73 Å². The first kappa shape index (κ1) is 17.1. The van der Waals surface area contributed by atoms with Crippen LogP contribution in [0.5, 0.6) is 0 Å². The highest BCUT2D eigenvalue weighted by atomic mass is 16.6. The van der Waals surface area contributed by atoms with Crippen LogP contribution in [0.25, 0.3) is 0 Å². The Hall–Kier alpha value is -3.24. The van der Waals surface area contributed by atoms with Gasteiger partial charge < -0.3 is 15.5 Å². The van der Waals surface area contributed by atoms with E-state index >= 15 is 0 Å². The van der Waals surface area contributed by atoms with Gasteiger partial charge in [-0.25, -0.2) is 0 Å². The molecule has 0 aliphatic carbocycles. The molecule has 1 aromatic rings. The molecule has 128 valence electrons. The second kappa shape index (κ2) is 6.89. The fraction of sp³-hybridized carbons (Fsp3) is 0.385. The van der Waals surface area contributed by atoms with Crippen LogP contribution < -0.4 is 10.6 Å². The van der Waals surface area contributed by atoms with E-state index in [9.17, 15) is 29.8 Å². The fourth-order valence-corrected chi connectivity index (χ4v) is 2.44. The van der Waals surface area contributed by atoms with E-state index < -0.39 is 27.1 Å². The summed E-state index contributed by atoms with van der Waals surface area (Å²) in [5.74, 6) is -0.711. The molecule has 0 bridgehead atoms. The normalized spacial score (nSPS) is 14.1. The van der Waals surface area contributed by atoms with E-state index in [2.05, 4.69) is 0 Å². The molecule has 1 heterocycles. The average Bonchev–Trinajstić information content (AvgIpc) is 2.87. The fourth-order valence-electron chi connectivity index (χ4n) is 2.44. The molecule has 1 aliphatic rings. The highest BCUT2D eigenvalue weighted by Gasteiger charge is 2.32. The van der Waals surface area contributed by atoms with Gasteiger partial charge in [-0.05, 0) is 12.5 Å². The first-order chi connectivity index (χ1) is 11.3. The van der Waals surface area contributed by atoms with Crippen LogP contribution in [0.4, 0.5) is 17.1 Å². The number of amides is 2. The van der Waals surface area contributed by atoms with Crippen LogP contribution >= 0.6 is 0 Å². The molecule has 0 radical (unpaired) electrons. The first-order valence-electron chi connectivity index (χ1n) is 7.03. The number of benzene rings is 1. The van der Waals surface area contributed by atoms with Crippen molar-refractivity contribution in [2.75, 3.05) is 24.7 Å². The Labute approximate surface area is 135 Å². The van der Waals surface area contributed by atoms with Gasteiger partial charge in [-0.1, -0.05) is 0 Å². The summed E-state index contributed by atoms with van der Waals surface area (Å²) in [5.41, 5.74) is 4.35. The maximum atomic E-state index is 12.0. The van der Waals surface area contributed by atoms with Crippen LogP contribution in [0.2, 0.25) is 0 Å².